The highest BCUT2D eigenvalue weighted by molar-refractivity contribution is 7.92. The van der Waals surface area contributed by atoms with Crippen molar-refractivity contribution in [1.29, 1.82) is 0 Å². The Kier molecular flexibility index (Phi) is 12.5. The predicted octanol–water partition coefficient (Wildman–Crippen LogP) is 9.14. The minimum atomic E-state index is -3.93. The van der Waals surface area contributed by atoms with Gasteiger partial charge in [0.25, 0.3) is 23.3 Å². The number of aryl methyl sites for hydroxylation is 1. The van der Waals surface area contributed by atoms with Crippen LogP contribution in [0.5, 0.6) is 11.5 Å². The van der Waals surface area contributed by atoms with Gasteiger partial charge in [-0.15, -0.1) is 10.2 Å². The molecule has 14 rings (SSSR count). The van der Waals surface area contributed by atoms with E-state index in [9.17, 15) is 31.2 Å². The average Bonchev–Trinajstić information content (AvgIpc) is 1.64. The van der Waals surface area contributed by atoms with Crippen LogP contribution in [0.2, 0.25) is 0 Å². The highest BCUT2D eigenvalue weighted by Gasteiger charge is 2.33. The zero-order valence-corrected chi connectivity index (χ0v) is 49.1. The molecule has 27 heteroatoms. The zero-order chi connectivity index (χ0) is 61.6. The van der Waals surface area contributed by atoms with Crippen LogP contribution in [0, 0.1) is 18.6 Å². The molecule has 0 atom stereocenters. The number of amides is 2. The number of ether oxygens (including phenoxy) is 2. The Labute approximate surface area is 497 Å². The Bertz CT molecular complexity index is 5350. The Hall–Kier alpha value is -10.7. The van der Waals surface area contributed by atoms with Gasteiger partial charge in [-0.25, -0.2) is 35.6 Å². The number of pyridine rings is 3. The molecule has 23 nitrogen and oxygen atoms in total. The van der Waals surface area contributed by atoms with Gasteiger partial charge in [0.15, 0.2) is 13.5 Å². The first kappa shape index (κ1) is 55.2. The van der Waals surface area contributed by atoms with E-state index in [2.05, 4.69) is 20.8 Å². The first-order valence-electron chi connectivity index (χ1n) is 27.0. The van der Waals surface area contributed by atoms with E-state index in [-0.39, 0.29) is 105 Å². The molecule has 4 aromatic carbocycles. The summed E-state index contributed by atoms with van der Waals surface area (Å²) in [5, 5.41) is 14.3. The van der Waals surface area contributed by atoms with Crippen molar-refractivity contribution >= 4 is 87.0 Å². The van der Waals surface area contributed by atoms with Crippen LogP contribution in [0.3, 0.4) is 0 Å². The van der Waals surface area contributed by atoms with Crippen LogP contribution in [0.15, 0.2) is 127 Å². The number of furan rings is 2. The number of carbonyl (C=O) groups is 2. The number of anilines is 2. The first-order valence-corrected chi connectivity index (χ1v) is 30.7. The molecular weight excluding hydrogens is 1180 g/mol. The molecule has 10 heterocycles. The molecule has 0 bridgehead atoms. The quantitative estimate of drug-likeness (QED) is 0.115. The summed E-state index contributed by atoms with van der Waals surface area (Å²) >= 11 is 0. The summed E-state index contributed by atoms with van der Waals surface area (Å²) in [5.74, 6) is -1.44. The lowest BCUT2D eigenvalue weighted by Crippen LogP contribution is -2.25. The van der Waals surface area contributed by atoms with Gasteiger partial charge >= 0.3 is 0 Å². The molecule has 444 valence electrons. The molecule has 2 N–H and O–H groups in total. The number of hydrogen-bond acceptors (Lipinski definition) is 16. The number of carbonyl (C=O) groups excluding carboxylic acids is 2. The van der Waals surface area contributed by atoms with Crippen LogP contribution in [0.25, 0.3) is 107 Å². The van der Waals surface area contributed by atoms with Crippen molar-refractivity contribution in [3.8, 4) is 74.3 Å². The third kappa shape index (κ3) is 8.81. The third-order valence-corrected chi connectivity index (χ3v) is 18.3. The summed E-state index contributed by atoms with van der Waals surface area (Å²) in [6, 6.07) is 26.9. The number of nitrogens with zero attached hydrogens (tertiary/aromatic N) is 9. The standard InChI is InChI=1S/C61H47F2N11O12S2/c1-29-68-69-60(84-29)57-53(58(76)64-2)36-21-34(43(25-50(36)85-57)70(4)87(6,78)79)40-11-14-49-56(67-40)47-24-33-39(63)18-31(19-45(33)74(47)28-83-49)17-30-15-16-72(52(75)20-30)61-54(59(77)65-3)37-22-35(44(26-51(37)86-61)71(5)88(7,80)81)41-12-13-48-55(66-41)46-23-32-38(62)9-8-10-42(32)73(46)27-82-48/h8-16,18-26H,17,27-28H2,1-7H3,(H,64,76)(H,65,77). The van der Waals surface area contributed by atoms with Gasteiger partial charge in [-0.2, -0.15) is 0 Å². The van der Waals surface area contributed by atoms with Crippen LogP contribution in [0.1, 0.15) is 37.7 Å². The van der Waals surface area contributed by atoms with Crippen molar-refractivity contribution in [3.63, 3.8) is 0 Å². The molecule has 0 radical (unpaired) electrons. The fourth-order valence-electron chi connectivity index (χ4n) is 11.4. The maximum Gasteiger partial charge on any atom is 0.284 e. The maximum absolute atomic E-state index is 16.5. The van der Waals surface area contributed by atoms with E-state index in [4.69, 9.17) is 32.7 Å². The van der Waals surface area contributed by atoms with E-state index in [0.29, 0.717) is 72.8 Å². The molecule has 0 spiro atoms. The smallest absolute Gasteiger partial charge is 0.284 e. The number of fused-ring (bicyclic) bond motifs is 12. The second kappa shape index (κ2) is 20.0. The summed E-state index contributed by atoms with van der Waals surface area (Å²) in [7, 11) is -2.23. The SMILES string of the molecule is CNC(=O)c1c(-c2nnc(C)o2)oc2cc(N(C)S(C)(=O)=O)c(-c3ccc4c(n3)-c3cc5c(F)cc(Cc6ccn(-c7oc8cc(N(C)S(C)(=O)=O)c(-c9ccc%10c(n9)-c9cc%11c(F)cccc%11n9CO%10)cc8c7C(=O)NC)c(=O)c6)cc5n3CO4)cc12. The van der Waals surface area contributed by atoms with Crippen molar-refractivity contribution in [2.75, 3.05) is 49.3 Å². The molecule has 0 fully saturated rings. The summed E-state index contributed by atoms with van der Waals surface area (Å²) in [6.45, 7) is 1.64. The molecule has 2 aliphatic heterocycles. The summed E-state index contributed by atoms with van der Waals surface area (Å²) in [6.07, 6.45) is 3.57. The molecule has 88 heavy (non-hydrogen) atoms. The van der Waals surface area contributed by atoms with Gasteiger partial charge in [0, 0.05) is 92.2 Å². The van der Waals surface area contributed by atoms with Crippen molar-refractivity contribution < 1.29 is 57.9 Å². The molecular formula is C61H47F2N11O12S2. The summed E-state index contributed by atoms with van der Waals surface area (Å²) < 4.78 is 122. The van der Waals surface area contributed by atoms with E-state index < -0.39 is 49.1 Å². The molecule has 8 aromatic heterocycles. The Balaban J connectivity index is 0.818. The number of aromatic nitrogens is 7. The van der Waals surface area contributed by atoms with Crippen LogP contribution in [0.4, 0.5) is 20.2 Å². The number of rotatable bonds is 12. The van der Waals surface area contributed by atoms with E-state index in [0.717, 1.165) is 25.7 Å². The molecule has 2 amide bonds. The van der Waals surface area contributed by atoms with E-state index in [1.54, 1.807) is 88.9 Å². The topological polar surface area (TPSA) is 274 Å². The molecule has 2 aliphatic rings. The van der Waals surface area contributed by atoms with Crippen LogP contribution in [-0.2, 0) is 39.9 Å². The lowest BCUT2D eigenvalue weighted by atomic mass is 10.0. The number of benzene rings is 4. The minimum absolute atomic E-state index is 0.0276. The second-order valence-electron chi connectivity index (χ2n) is 21.2. The summed E-state index contributed by atoms with van der Waals surface area (Å²) in [4.78, 5) is 51.8. The average molecular weight is 1230 g/mol. The van der Waals surface area contributed by atoms with Crippen LogP contribution in [-0.4, -0.2) is 103 Å². The van der Waals surface area contributed by atoms with E-state index in [1.807, 2.05) is 0 Å². The van der Waals surface area contributed by atoms with Crippen molar-refractivity contribution in [3.05, 3.63) is 159 Å². The molecule has 0 unspecified atom stereocenters. The van der Waals surface area contributed by atoms with Gasteiger partial charge in [-0.05, 0) is 96.4 Å². The van der Waals surface area contributed by atoms with Crippen LogP contribution < -0.4 is 34.3 Å². The normalized spacial score (nSPS) is 12.8. The summed E-state index contributed by atoms with van der Waals surface area (Å²) in [5.41, 5.74) is 4.74. The zero-order valence-electron chi connectivity index (χ0n) is 47.5. The predicted molar refractivity (Wildman–Crippen MR) is 322 cm³/mol. The van der Waals surface area contributed by atoms with Crippen molar-refractivity contribution in [1.82, 2.24) is 44.5 Å². The first-order chi connectivity index (χ1) is 42.1. The Morgan fingerprint density at radius 1 is 0.625 bits per heavy atom. The molecule has 0 aliphatic carbocycles. The largest absolute Gasteiger partial charge is 0.470 e. The Morgan fingerprint density at radius 3 is 1.76 bits per heavy atom. The van der Waals surface area contributed by atoms with Gasteiger partial charge in [-0.1, -0.05) is 6.07 Å². The van der Waals surface area contributed by atoms with Gasteiger partial charge < -0.3 is 42.5 Å². The van der Waals surface area contributed by atoms with Gasteiger partial charge in [0.2, 0.25) is 37.6 Å². The van der Waals surface area contributed by atoms with Gasteiger partial charge in [0.05, 0.1) is 63.3 Å². The number of hydrogen-bond donors (Lipinski definition) is 2. The monoisotopic (exact) mass is 1230 g/mol. The fraction of sp³-hybridized carbons (Fsp3) is 0.164. The lowest BCUT2D eigenvalue weighted by molar-refractivity contribution is 0.0955. The number of sulfonamides is 2. The van der Waals surface area contributed by atoms with Gasteiger partial charge in [-0.3, -0.25) is 27.6 Å². The molecule has 12 aromatic rings. The third-order valence-electron chi connectivity index (χ3n) is 15.9. The van der Waals surface area contributed by atoms with Crippen molar-refractivity contribution in [2.24, 2.45) is 0 Å². The van der Waals surface area contributed by atoms with Crippen LogP contribution >= 0.6 is 0 Å². The second-order valence-corrected chi connectivity index (χ2v) is 25.2. The van der Waals surface area contributed by atoms with E-state index >= 15 is 8.78 Å². The molecule has 0 saturated carbocycles. The lowest BCUT2D eigenvalue weighted by Gasteiger charge is -2.23. The fourth-order valence-corrected chi connectivity index (χ4v) is 12.4. The number of nitrogens with one attached hydrogen (secondary N) is 2. The van der Waals surface area contributed by atoms with Gasteiger partial charge in [0.1, 0.15) is 51.3 Å². The highest BCUT2D eigenvalue weighted by Crippen LogP contribution is 2.46. The molecule has 0 saturated heterocycles. The van der Waals surface area contributed by atoms with Crippen molar-refractivity contribution in [2.45, 2.75) is 26.8 Å². The minimum Gasteiger partial charge on any atom is -0.470 e. The Morgan fingerprint density at radius 2 is 1.19 bits per heavy atom. The highest BCUT2D eigenvalue weighted by atomic mass is 32.2. The van der Waals surface area contributed by atoms with E-state index in [1.165, 1.54) is 64.7 Å². The maximum atomic E-state index is 16.5. The number of halogens is 2.